The molecule has 0 unspecified atom stereocenters. The van der Waals surface area contributed by atoms with E-state index in [4.69, 9.17) is 4.42 Å². The van der Waals surface area contributed by atoms with Crippen molar-refractivity contribution >= 4 is 34.1 Å². The normalized spacial score (nSPS) is 10.6. The number of nitrogens with zero attached hydrogens (tertiary/aromatic N) is 3. The molecule has 0 atom stereocenters. The predicted octanol–water partition coefficient (Wildman–Crippen LogP) is 3.20. The van der Waals surface area contributed by atoms with Gasteiger partial charge in [-0.15, -0.1) is 0 Å². The number of nitro groups is 2. The van der Waals surface area contributed by atoms with Crippen LogP contribution in [0.2, 0.25) is 0 Å². The van der Waals surface area contributed by atoms with Gasteiger partial charge in [-0.2, -0.15) is 0 Å². The third-order valence-electron chi connectivity index (χ3n) is 3.34. The number of rotatable bonds is 4. The van der Waals surface area contributed by atoms with Crippen LogP contribution in [0, 0.1) is 27.2 Å². The summed E-state index contributed by atoms with van der Waals surface area (Å²) in [6, 6.07) is 7.48. The molecule has 0 aliphatic carbocycles. The summed E-state index contributed by atoms with van der Waals surface area (Å²) in [6.45, 7) is 1.68. The van der Waals surface area contributed by atoms with Gasteiger partial charge in [-0.3, -0.25) is 25.0 Å². The van der Waals surface area contributed by atoms with Crippen LogP contribution in [0.3, 0.4) is 0 Å². The fourth-order valence-electron chi connectivity index (χ4n) is 2.26. The molecule has 0 saturated carbocycles. The lowest BCUT2D eigenvalue weighted by Crippen LogP contribution is -2.12. The number of nitrogens with one attached hydrogen (secondary N) is 1. The van der Waals surface area contributed by atoms with Crippen molar-refractivity contribution in [3.63, 3.8) is 0 Å². The molecule has 2 aromatic carbocycles. The van der Waals surface area contributed by atoms with Gasteiger partial charge in [0.2, 0.25) is 0 Å². The average molecular weight is 342 g/mol. The first-order chi connectivity index (χ1) is 11.8. The van der Waals surface area contributed by atoms with Crippen molar-refractivity contribution < 1.29 is 19.1 Å². The Morgan fingerprint density at radius 1 is 1.08 bits per heavy atom. The van der Waals surface area contributed by atoms with Crippen molar-refractivity contribution in [3.05, 3.63) is 68.1 Å². The van der Waals surface area contributed by atoms with E-state index in [1.165, 1.54) is 0 Å². The maximum Gasteiger partial charge on any atom is 0.277 e. The van der Waals surface area contributed by atoms with Crippen molar-refractivity contribution in [1.82, 2.24) is 4.98 Å². The van der Waals surface area contributed by atoms with Crippen LogP contribution in [0.4, 0.5) is 17.1 Å². The number of benzene rings is 2. The number of fused-ring (bicyclic) bond motifs is 1. The molecule has 0 radical (unpaired) electrons. The number of aromatic nitrogens is 1. The molecule has 0 bridgehead atoms. The fraction of sp³-hybridized carbons (Fsp3) is 0.0667. The van der Waals surface area contributed by atoms with Crippen LogP contribution in [-0.2, 0) is 0 Å². The van der Waals surface area contributed by atoms with E-state index >= 15 is 0 Å². The first-order valence-electron chi connectivity index (χ1n) is 6.96. The predicted molar refractivity (Wildman–Crippen MR) is 86.5 cm³/mol. The Bertz CT molecular complexity index is 994. The molecule has 10 nitrogen and oxygen atoms in total. The molecule has 0 aliphatic heterocycles. The summed E-state index contributed by atoms with van der Waals surface area (Å²) in [5.41, 5.74) is 0.169. The van der Waals surface area contributed by atoms with Crippen molar-refractivity contribution in [1.29, 1.82) is 0 Å². The third kappa shape index (κ3) is 3.27. The van der Waals surface area contributed by atoms with Crippen molar-refractivity contribution in [2.24, 2.45) is 0 Å². The molecule has 0 fully saturated rings. The number of hydrogen-bond donors (Lipinski definition) is 1. The van der Waals surface area contributed by atoms with E-state index in [9.17, 15) is 25.0 Å². The van der Waals surface area contributed by atoms with E-state index in [1.807, 2.05) is 0 Å². The summed E-state index contributed by atoms with van der Waals surface area (Å²) < 4.78 is 5.32. The van der Waals surface area contributed by atoms with E-state index in [1.54, 1.807) is 25.1 Å². The van der Waals surface area contributed by atoms with Crippen LogP contribution in [-0.4, -0.2) is 20.7 Å². The van der Waals surface area contributed by atoms with Crippen LogP contribution >= 0.6 is 0 Å². The topological polar surface area (TPSA) is 141 Å². The highest BCUT2D eigenvalue weighted by molar-refractivity contribution is 6.05. The zero-order valence-corrected chi connectivity index (χ0v) is 12.8. The van der Waals surface area contributed by atoms with Gasteiger partial charge in [0.25, 0.3) is 17.3 Å². The van der Waals surface area contributed by atoms with Gasteiger partial charge in [0.15, 0.2) is 11.5 Å². The van der Waals surface area contributed by atoms with Gasteiger partial charge < -0.3 is 9.73 Å². The van der Waals surface area contributed by atoms with Crippen LogP contribution < -0.4 is 5.32 Å². The largest absolute Gasteiger partial charge is 0.441 e. The maximum absolute atomic E-state index is 12.3. The number of oxazole rings is 1. The molecule has 10 heteroatoms. The second-order valence-corrected chi connectivity index (χ2v) is 5.12. The minimum absolute atomic E-state index is 0.197. The summed E-state index contributed by atoms with van der Waals surface area (Å²) >= 11 is 0. The van der Waals surface area contributed by atoms with E-state index in [0.29, 0.717) is 22.7 Å². The minimum Gasteiger partial charge on any atom is -0.441 e. The van der Waals surface area contributed by atoms with E-state index < -0.39 is 27.1 Å². The number of non-ortho nitro benzene ring substituents is 2. The summed E-state index contributed by atoms with van der Waals surface area (Å²) in [5, 5.41) is 24.3. The van der Waals surface area contributed by atoms with Gasteiger partial charge in [0, 0.05) is 24.7 Å². The quantitative estimate of drug-likeness (QED) is 0.566. The molecule has 126 valence electrons. The SMILES string of the molecule is Cc1nc2cc(NC(=O)c3cc([N+](=O)[O-])cc([N+](=O)[O-])c3)ccc2o1. The summed E-state index contributed by atoms with van der Waals surface area (Å²) in [4.78, 5) is 36.6. The van der Waals surface area contributed by atoms with E-state index in [2.05, 4.69) is 10.3 Å². The van der Waals surface area contributed by atoms with Crippen molar-refractivity contribution in [3.8, 4) is 0 Å². The molecule has 1 N–H and O–H groups in total. The van der Waals surface area contributed by atoms with Crippen molar-refractivity contribution in [2.45, 2.75) is 6.92 Å². The summed E-state index contributed by atoms with van der Waals surface area (Å²) in [6.07, 6.45) is 0. The molecule has 1 amide bonds. The molecule has 1 aromatic heterocycles. The fourth-order valence-corrected chi connectivity index (χ4v) is 2.26. The average Bonchev–Trinajstić information content (AvgIpc) is 2.93. The molecule has 3 rings (SSSR count). The van der Waals surface area contributed by atoms with Gasteiger partial charge in [-0.05, 0) is 18.2 Å². The van der Waals surface area contributed by atoms with Crippen molar-refractivity contribution in [2.75, 3.05) is 5.32 Å². The zero-order valence-electron chi connectivity index (χ0n) is 12.8. The smallest absolute Gasteiger partial charge is 0.277 e. The lowest BCUT2D eigenvalue weighted by molar-refractivity contribution is -0.394. The Kier molecular flexibility index (Phi) is 3.85. The number of carbonyl (C=O) groups excluding carboxylic acids is 1. The highest BCUT2D eigenvalue weighted by Crippen LogP contribution is 2.24. The second-order valence-electron chi connectivity index (χ2n) is 5.12. The van der Waals surface area contributed by atoms with Gasteiger partial charge in [0.05, 0.1) is 21.5 Å². The van der Waals surface area contributed by atoms with Gasteiger partial charge in [-0.25, -0.2) is 4.98 Å². The van der Waals surface area contributed by atoms with Crippen LogP contribution in [0.25, 0.3) is 11.1 Å². The third-order valence-corrected chi connectivity index (χ3v) is 3.34. The Morgan fingerprint density at radius 3 is 2.32 bits per heavy atom. The minimum atomic E-state index is -0.798. The molecular formula is C15H10N4O6. The van der Waals surface area contributed by atoms with Gasteiger partial charge in [0.1, 0.15) is 5.52 Å². The lowest BCUT2D eigenvalue weighted by atomic mass is 10.1. The van der Waals surface area contributed by atoms with Gasteiger partial charge >= 0.3 is 0 Å². The summed E-state index contributed by atoms with van der Waals surface area (Å²) in [7, 11) is 0. The van der Waals surface area contributed by atoms with E-state index in [0.717, 1.165) is 18.2 Å². The Hall–Kier alpha value is -3.82. The number of anilines is 1. The first kappa shape index (κ1) is 16.1. The molecule has 3 aromatic rings. The molecule has 1 heterocycles. The molecule has 0 spiro atoms. The number of nitro benzene ring substituents is 2. The van der Waals surface area contributed by atoms with Crippen LogP contribution in [0.1, 0.15) is 16.2 Å². The highest BCUT2D eigenvalue weighted by Gasteiger charge is 2.20. The lowest BCUT2D eigenvalue weighted by Gasteiger charge is -2.05. The van der Waals surface area contributed by atoms with Gasteiger partial charge in [-0.1, -0.05) is 0 Å². The Morgan fingerprint density at radius 2 is 1.72 bits per heavy atom. The first-order valence-corrected chi connectivity index (χ1v) is 6.96. The molecular weight excluding hydrogens is 332 g/mol. The number of carbonyl (C=O) groups is 1. The highest BCUT2D eigenvalue weighted by atomic mass is 16.6. The Labute approximate surface area is 139 Å². The standard InChI is InChI=1S/C15H10N4O6/c1-8-16-13-6-10(2-3-14(13)25-8)17-15(20)9-4-11(18(21)22)7-12(5-9)19(23)24/h2-7H,1H3,(H,17,20). The number of aryl methyl sites for hydroxylation is 1. The summed E-state index contributed by atoms with van der Waals surface area (Å²) in [5.74, 6) is -0.251. The monoisotopic (exact) mass is 342 g/mol. The number of hydrogen-bond acceptors (Lipinski definition) is 7. The Balaban J connectivity index is 1.93. The molecule has 0 saturated heterocycles. The van der Waals surface area contributed by atoms with E-state index in [-0.39, 0.29) is 5.56 Å². The molecule has 25 heavy (non-hydrogen) atoms. The van der Waals surface area contributed by atoms with Crippen LogP contribution in [0.5, 0.6) is 0 Å². The molecule has 0 aliphatic rings. The zero-order chi connectivity index (χ0) is 18.1. The number of amides is 1. The second kappa shape index (κ2) is 6.00. The maximum atomic E-state index is 12.3. The van der Waals surface area contributed by atoms with Crippen LogP contribution in [0.15, 0.2) is 40.8 Å².